The van der Waals surface area contributed by atoms with E-state index in [1.165, 1.54) is 0 Å². The van der Waals surface area contributed by atoms with Crippen LogP contribution in [0.1, 0.15) is 38.8 Å². The lowest BCUT2D eigenvalue weighted by Crippen LogP contribution is -2.40. The van der Waals surface area contributed by atoms with E-state index in [0.717, 1.165) is 5.56 Å². The third kappa shape index (κ3) is 4.36. The van der Waals surface area contributed by atoms with Gasteiger partial charge in [0.25, 0.3) is 0 Å². The molecular weight excluding hydrogens is 252 g/mol. The Hall–Kier alpha value is -1.86. The molecule has 0 saturated heterocycles. The van der Waals surface area contributed by atoms with Crippen LogP contribution in [-0.2, 0) is 9.53 Å². The molecule has 4 heteroatoms. The molecule has 1 rings (SSSR count). The fraction of sp³-hybridized carbons (Fsp3) is 0.500. The molecule has 1 aromatic rings. The predicted octanol–water partition coefficient (Wildman–Crippen LogP) is 2.91. The maximum Gasteiger partial charge on any atom is 0.328 e. The van der Waals surface area contributed by atoms with E-state index in [0.29, 0.717) is 19.6 Å². The molecule has 0 amide bonds. The van der Waals surface area contributed by atoms with Gasteiger partial charge >= 0.3 is 5.97 Å². The van der Waals surface area contributed by atoms with Gasteiger partial charge in [-0.15, -0.1) is 0 Å². The van der Waals surface area contributed by atoms with E-state index >= 15 is 0 Å². The van der Waals surface area contributed by atoms with Crippen molar-refractivity contribution in [1.82, 2.24) is 4.90 Å². The minimum atomic E-state index is -0.454. The fourth-order valence-corrected chi connectivity index (χ4v) is 2.18. The Bertz CT molecular complexity index is 451. The van der Waals surface area contributed by atoms with E-state index in [4.69, 9.17) is 10.00 Å². The number of benzene rings is 1. The van der Waals surface area contributed by atoms with Gasteiger partial charge in [0.15, 0.2) is 0 Å². The number of rotatable bonds is 7. The maximum atomic E-state index is 12.3. The van der Waals surface area contributed by atoms with Crippen molar-refractivity contribution >= 4 is 5.97 Å². The molecule has 0 spiro atoms. The number of ether oxygens (including phenoxy) is 1. The van der Waals surface area contributed by atoms with Crippen LogP contribution in [0.5, 0.6) is 0 Å². The number of esters is 1. The summed E-state index contributed by atoms with van der Waals surface area (Å²) in [6, 6.07) is 11.4. The summed E-state index contributed by atoms with van der Waals surface area (Å²) in [6.45, 7) is 6.74. The summed E-state index contributed by atoms with van der Waals surface area (Å²) in [7, 11) is 0. The lowest BCUT2D eigenvalue weighted by molar-refractivity contribution is -0.150. The Morgan fingerprint density at radius 3 is 2.50 bits per heavy atom. The average molecular weight is 274 g/mol. The van der Waals surface area contributed by atoms with Gasteiger partial charge in [-0.25, -0.2) is 4.79 Å². The second-order valence-corrected chi connectivity index (χ2v) is 4.80. The van der Waals surface area contributed by atoms with Crippen LogP contribution in [0.3, 0.4) is 0 Å². The smallest absolute Gasteiger partial charge is 0.328 e. The standard InChI is InChI=1S/C16H22N2O2/c1-4-20-16(19)15(14-9-6-5-7-10-14)18(13(2)3)12-8-11-17/h5-7,9-10,13,15H,4,8,12H2,1-3H3. The fourth-order valence-electron chi connectivity index (χ4n) is 2.18. The first kappa shape index (κ1) is 16.2. The molecule has 0 N–H and O–H groups in total. The number of nitrogens with zero attached hydrogens (tertiary/aromatic N) is 2. The van der Waals surface area contributed by atoms with Crippen molar-refractivity contribution in [2.24, 2.45) is 0 Å². The van der Waals surface area contributed by atoms with E-state index in [-0.39, 0.29) is 12.0 Å². The van der Waals surface area contributed by atoms with Crippen molar-refractivity contribution in [2.45, 2.75) is 39.3 Å². The second kappa shape index (κ2) is 8.34. The van der Waals surface area contributed by atoms with E-state index in [1.54, 1.807) is 6.92 Å². The lowest BCUT2D eigenvalue weighted by atomic mass is 10.0. The second-order valence-electron chi connectivity index (χ2n) is 4.80. The van der Waals surface area contributed by atoms with Gasteiger partial charge in [-0.3, -0.25) is 4.90 Å². The summed E-state index contributed by atoms with van der Waals surface area (Å²) in [4.78, 5) is 14.3. The molecule has 4 nitrogen and oxygen atoms in total. The Kier molecular flexibility index (Phi) is 6.75. The molecular formula is C16H22N2O2. The number of carbonyl (C=O) groups is 1. The van der Waals surface area contributed by atoms with Gasteiger partial charge in [0.1, 0.15) is 6.04 Å². The van der Waals surface area contributed by atoms with Crippen LogP contribution in [0.4, 0.5) is 0 Å². The van der Waals surface area contributed by atoms with Crippen molar-refractivity contribution in [3.63, 3.8) is 0 Å². The van der Waals surface area contributed by atoms with Crippen molar-refractivity contribution in [1.29, 1.82) is 5.26 Å². The maximum absolute atomic E-state index is 12.3. The molecule has 0 saturated carbocycles. The molecule has 108 valence electrons. The minimum absolute atomic E-state index is 0.151. The summed E-state index contributed by atoms with van der Waals surface area (Å²) < 4.78 is 5.21. The highest BCUT2D eigenvalue weighted by Crippen LogP contribution is 2.24. The van der Waals surface area contributed by atoms with Gasteiger partial charge in [0.2, 0.25) is 0 Å². The van der Waals surface area contributed by atoms with Gasteiger partial charge in [0, 0.05) is 19.0 Å². The van der Waals surface area contributed by atoms with Crippen molar-refractivity contribution in [3.05, 3.63) is 35.9 Å². The molecule has 1 unspecified atom stereocenters. The molecule has 1 aromatic carbocycles. The van der Waals surface area contributed by atoms with Crippen LogP contribution in [0.15, 0.2) is 30.3 Å². The molecule has 0 aromatic heterocycles. The summed E-state index contributed by atoms with van der Waals surface area (Å²) in [5.41, 5.74) is 0.901. The van der Waals surface area contributed by atoms with Crippen LogP contribution in [0, 0.1) is 11.3 Å². The molecule has 0 aliphatic heterocycles. The topological polar surface area (TPSA) is 53.3 Å². The largest absolute Gasteiger partial charge is 0.465 e. The number of nitriles is 1. The molecule has 0 heterocycles. The van der Waals surface area contributed by atoms with Gasteiger partial charge in [-0.05, 0) is 26.3 Å². The first-order chi connectivity index (χ1) is 9.61. The monoisotopic (exact) mass is 274 g/mol. The van der Waals surface area contributed by atoms with Gasteiger partial charge in [-0.2, -0.15) is 5.26 Å². The SMILES string of the molecule is CCOC(=O)C(c1ccccc1)N(CCC#N)C(C)C. The van der Waals surface area contributed by atoms with E-state index in [2.05, 4.69) is 6.07 Å². The van der Waals surface area contributed by atoms with Crippen molar-refractivity contribution in [2.75, 3.05) is 13.2 Å². The van der Waals surface area contributed by atoms with E-state index in [1.807, 2.05) is 49.1 Å². The summed E-state index contributed by atoms with van der Waals surface area (Å²) in [5, 5.41) is 8.80. The molecule has 0 bridgehead atoms. The zero-order chi connectivity index (χ0) is 15.0. The molecule has 0 aliphatic rings. The summed E-state index contributed by atoms with van der Waals surface area (Å²) >= 11 is 0. The number of hydrogen-bond acceptors (Lipinski definition) is 4. The van der Waals surface area contributed by atoms with Crippen LogP contribution < -0.4 is 0 Å². The van der Waals surface area contributed by atoms with E-state index in [9.17, 15) is 4.79 Å². The van der Waals surface area contributed by atoms with Gasteiger partial charge < -0.3 is 4.74 Å². The first-order valence-corrected chi connectivity index (χ1v) is 6.96. The average Bonchev–Trinajstić information content (AvgIpc) is 2.44. The molecule has 20 heavy (non-hydrogen) atoms. The van der Waals surface area contributed by atoms with Crippen LogP contribution in [0.2, 0.25) is 0 Å². The summed E-state index contributed by atoms with van der Waals surface area (Å²) in [5.74, 6) is -0.259. The Morgan fingerprint density at radius 1 is 1.35 bits per heavy atom. The first-order valence-electron chi connectivity index (χ1n) is 6.96. The predicted molar refractivity (Wildman–Crippen MR) is 77.9 cm³/mol. The zero-order valence-corrected chi connectivity index (χ0v) is 12.4. The van der Waals surface area contributed by atoms with Gasteiger partial charge in [0.05, 0.1) is 12.7 Å². The molecule has 1 atom stereocenters. The minimum Gasteiger partial charge on any atom is -0.465 e. The Labute approximate surface area is 121 Å². The zero-order valence-electron chi connectivity index (χ0n) is 12.4. The summed E-state index contributed by atoms with van der Waals surface area (Å²) in [6.07, 6.45) is 0.390. The van der Waals surface area contributed by atoms with E-state index < -0.39 is 6.04 Å². The molecule has 0 radical (unpaired) electrons. The van der Waals surface area contributed by atoms with Gasteiger partial charge in [-0.1, -0.05) is 30.3 Å². The molecule has 0 aliphatic carbocycles. The lowest BCUT2D eigenvalue weighted by Gasteiger charge is -2.33. The third-order valence-electron chi connectivity index (χ3n) is 3.10. The highest BCUT2D eigenvalue weighted by atomic mass is 16.5. The normalized spacial score (nSPS) is 12.2. The number of carbonyl (C=O) groups excluding carboxylic acids is 1. The number of hydrogen-bond donors (Lipinski definition) is 0. The highest BCUT2D eigenvalue weighted by Gasteiger charge is 2.30. The van der Waals surface area contributed by atoms with Crippen LogP contribution in [0.25, 0.3) is 0 Å². The Morgan fingerprint density at radius 2 is 2.00 bits per heavy atom. The van der Waals surface area contributed by atoms with Crippen LogP contribution >= 0.6 is 0 Å². The van der Waals surface area contributed by atoms with Crippen LogP contribution in [-0.4, -0.2) is 30.1 Å². The third-order valence-corrected chi connectivity index (χ3v) is 3.10. The highest BCUT2D eigenvalue weighted by molar-refractivity contribution is 5.77. The van der Waals surface area contributed by atoms with Crippen molar-refractivity contribution < 1.29 is 9.53 Å². The van der Waals surface area contributed by atoms with Crippen molar-refractivity contribution in [3.8, 4) is 6.07 Å². The Balaban J connectivity index is 3.07. The quantitative estimate of drug-likeness (QED) is 0.717. The molecule has 0 fully saturated rings.